The van der Waals surface area contributed by atoms with E-state index in [-0.39, 0.29) is 23.6 Å². The van der Waals surface area contributed by atoms with Crippen LogP contribution in [0.15, 0.2) is 47.6 Å². The highest BCUT2D eigenvalue weighted by Gasteiger charge is 2.19. The quantitative estimate of drug-likeness (QED) is 0.546. The maximum atomic E-state index is 12.5. The summed E-state index contributed by atoms with van der Waals surface area (Å²) in [6, 6.07) is 13.0. The number of rotatable bonds is 7. The van der Waals surface area contributed by atoms with Gasteiger partial charge in [-0.3, -0.25) is 9.59 Å². The lowest BCUT2D eigenvalue weighted by Gasteiger charge is -2.14. The number of aromatic nitrogens is 3. The fraction of sp³-hybridized carbons (Fsp3) is 0.304. The van der Waals surface area contributed by atoms with Crippen molar-refractivity contribution in [1.29, 1.82) is 0 Å². The van der Waals surface area contributed by atoms with Crippen LogP contribution >= 0.6 is 11.8 Å². The summed E-state index contributed by atoms with van der Waals surface area (Å²) >= 11 is 1.30. The zero-order valence-electron chi connectivity index (χ0n) is 18.4. The van der Waals surface area contributed by atoms with Crippen LogP contribution in [0.3, 0.4) is 0 Å². The summed E-state index contributed by atoms with van der Waals surface area (Å²) in [6.07, 6.45) is 0. The van der Waals surface area contributed by atoms with Crippen LogP contribution in [0, 0.1) is 20.8 Å². The summed E-state index contributed by atoms with van der Waals surface area (Å²) in [7, 11) is 1.83. The maximum Gasteiger partial charge on any atom is 0.251 e. The molecule has 0 bridgehead atoms. The van der Waals surface area contributed by atoms with E-state index in [0.717, 1.165) is 22.4 Å². The molecular weight excluding hydrogens is 410 g/mol. The molecule has 0 aliphatic heterocycles. The van der Waals surface area contributed by atoms with Gasteiger partial charge in [-0.2, -0.15) is 0 Å². The molecule has 0 spiro atoms. The molecule has 1 aromatic heterocycles. The standard InChI is InChI=1S/C23H27N5O2S/c1-14-6-9-18(10-7-14)22(30)24-17(4)21-26-27-23(28(21)5)31-13-20(29)25-19-11-8-15(2)12-16(19)3/h6-12,17H,13H2,1-5H3,(H,24,30)(H,25,29)/t17-/m1/s1. The fourth-order valence-electron chi connectivity index (χ4n) is 3.15. The van der Waals surface area contributed by atoms with Crippen molar-refractivity contribution in [3.63, 3.8) is 0 Å². The van der Waals surface area contributed by atoms with Crippen molar-refractivity contribution < 1.29 is 9.59 Å². The number of hydrogen-bond donors (Lipinski definition) is 2. The monoisotopic (exact) mass is 437 g/mol. The van der Waals surface area contributed by atoms with Gasteiger partial charge in [0.15, 0.2) is 11.0 Å². The molecule has 7 nitrogen and oxygen atoms in total. The summed E-state index contributed by atoms with van der Waals surface area (Å²) in [5, 5.41) is 14.9. The molecule has 0 aliphatic carbocycles. The Morgan fingerprint density at radius 3 is 2.39 bits per heavy atom. The third-order valence-electron chi connectivity index (χ3n) is 4.91. The number of thioether (sulfide) groups is 1. The molecule has 2 N–H and O–H groups in total. The summed E-state index contributed by atoms with van der Waals surface area (Å²) in [4.78, 5) is 24.8. The number of nitrogens with zero attached hydrogens (tertiary/aromatic N) is 3. The van der Waals surface area contributed by atoms with Gasteiger partial charge in [0, 0.05) is 18.3 Å². The SMILES string of the molecule is Cc1ccc(C(=O)N[C@H](C)c2nnc(SCC(=O)Nc3ccc(C)cc3C)n2C)cc1. The van der Waals surface area contributed by atoms with Gasteiger partial charge >= 0.3 is 0 Å². The van der Waals surface area contributed by atoms with E-state index in [1.165, 1.54) is 11.8 Å². The van der Waals surface area contributed by atoms with Gasteiger partial charge in [0.2, 0.25) is 5.91 Å². The highest BCUT2D eigenvalue weighted by atomic mass is 32.2. The first-order valence-electron chi connectivity index (χ1n) is 10.0. The Bertz CT molecular complexity index is 1090. The molecule has 0 unspecified atom stereocenters. The topological polar surface area (TPSA) is 88.9 Å². The number of nitrogens with one attached hydrogen (secondary N) is 2. The highest BCUT2D eigenvalue weighted by Crippen LogP contribution is 2.21. The molecule has 1 atom stereocenters. The second-order valence-electron chi connectivity index (χ2n) is 7.62. The Balaban J connectivity index is 1.58. The summed E-state index contributed by atoms with van der Waals surface area (Å²) in [5.41, 5.74) is 4.68. The fourth-order valence-corrected chi connectivity index (χ4v) is 3.87. The van der Waals surface area contributed by atoms with Gasteiger partial charge in [0.05, 0.1) is 11.8 Å². The minimum atomic E-state index is -0.329. The third-order valence-corrected chi connectivity index (χ3v) is 5.93. The summed E-state index contributed by atoms with van der Waals surface area (Å²) in [5.74, 6) is 0.557. The van der Waals surface area contributed by atoms with Gasteiger partial charge < -0.3 is 15.2 Å². The molecule has 3 aromatic rings. The third kappa shape index (κ3) is 5.73. The lowest BCUT2D eigenvalue weighted by atomic mass is 10.1. The Kier molecular flexibility index (Phi) is 7.12. The second kappa shape index (κ2) is 9.78. The van der Waals surface area contributed by atoms with Gasteiger partial charge in [-0.15, -0.1) is 10.2 Å². The average Bonchev–Trinajstić information content (AvgIpc) is 3.09. The maximum absolute atomic E-state index is 12.5. The Morgan fingerprint density at radius 2 is 1.71 bits per heavy atom. The van der Waals surface area contributed by atoms with Crippen LogP contribution < -0.4 is 10.6 Å². The zero-order chi connectivity index (χ0) is 22.5. The van der Waals surface area contributed by atoms with Crippen LogP contribution in [0.1, 0.15) is 45.8 Å². The number of hydrogen-bond acceptors (Lipinski definition) is 5. The first kappa shape index (κ1) is 22.6. The molecule has 0 saturated carbocycles. The van der Waals surface area contributed by atoms with E-state index in [4.69, 9.17) is 0 Å². The Morgan fingerprint density at radius 1 is 1.03 bits per heavy atom. The minimum absolute atomic E-state index is 0.109. The second-order valence-corrected chi connectivity index (χ2v) is 8.56. The van der Waals surface area contributed by atoms with E-state index in [2.05, 4.69) is 20.8 Å². The molecule has 2 aromatic carbocycles. The van der Waals surface area contributed by atoms with Crippen molar-refractivity contribution in [2.75, 3.05) is 11.1 Å². The van der Waals surface area contributed by atoms with Crippen LogP contribution in [-0.4, -0.2) is 32.3 Å². The molecule has 162 valence electrons. The molecule has 31 heavy (non-hydrogen) atoms. The number of carbonyl (C=O) groups excluding carboxylic acids is 2. The van der Waals surface area contributed by atoms with Gasteiger partial charge in [-0.25, -0.2) is 0 Å². The van der Waals surface area contributed by atoms with E-state index in [9.17, 15) is 9.59 Å². The van der Waals surface area contributed by atoms with E-state index < -0.39 is 0 Å². The van der Waals surface area contributed by atoms with Crippen molar-refractivity contribution in [3.8, 4) is 0 Å². The predicted octanol–water partition coefficient (Wildman–Crippen LogP) is 3.96. The average molecular weight is 438 g/mol. The summed E-state index contributed by atoms with van der Waals surface area (Å²) < 4.78 is 1.80. The van der Waals surface area contributed by atoms with E-state index in [0.29, 0.717) is 16.5 Å². The first-order chi connectivity index (χ1) is 14.7. The summed E-state index contributed by atoms with van der Waals surface area (Å²) in [6.45, 7) is 7.82. The van der Waals surface area contributed by atoms with Gasteiger partial charge in [-0.1, -0.05) is 47.2 Å². The first-order valence-corrected chi connectivity index (χ1v) is 11.0. The number of amides is 2. The number of aryl methyl sites for hydroxylation is 3. The van der Waals surface area contributed by atoms with Crippen LogP contribution in [0.5, 0.6) is 0 Å². The molecule has 0 radical (unpaired) electrons. The van der Waals surface area contributed by atoms with Crippen LogP contribution in [0.25, 0.3) is 0 Å². The number of benzene rings is 2. The molecule has 8 heteroatoms. The molecule has 2 amide bonds. The number of carbonyl (C=O) groups is 2. The number of anilines is 1. The Hall–Kier alpha value is -3.13. The molecule has 3 rings (SSSR count). The van der Waals surface area contributed by atoms with E-state index in [1.54, 1.807) is 16.7 Å². The lowest BCUT2D eigenvalue weighted by Crippen LogP contribution is -2.28. The van der Waals surface area contributed by atoms with Crippen LogP contribution in [-0.2, 0) is 11.8 Å². The van der Waals surface area contributed by atoms with Crippen LogP contribution in [0.2, 0.25) is 0 Å². The normalized spacial score (nSPS) is 11.8. The predicted molar refractivity (Wildman–Crippen MR) is 123 cm³/mol. The molecular formula is C23H27N5O2S. The van der Waals surface area contributed by atoms with Gasteiger partial charge in [0.25, 0.3) is 5.91 Å². The molecule has 0 aliphatic rings. The van der Waals surface area contributed by atoms with E-state index in [1.807, 2.05) is 65.1 Å². The molecule has 0 saturated heterocycles. The minimum Gasteiger partial charge on any atom is -0.342 e. The smallest absolute Gasteiger partial charge is 0.251 e. The van der Waals surface area contributed by atoms with Crippen molar-refractivity contribution in [2.45, 2.75) is 38.9 Å². The van der Waals surface area contributed by atoms with Gasteiger partial charge in [0.1, 0.15) is 0 Å². The largest absolute Gasteiger partial charge is 0.342 e. The zero-order valence-corrected chi connectivity index (χ0v) is 19.2. The van der Waals surface area contributed by atoms with Gasteiger partial charge in [-0.05, 0) is 51.5 Å². The Labute approximate surface area is 186 Å². The molecule has 0 fully saturated rings. The van der Waals surface area contributed by atoms with E-state index >= 15 is 0 Å². The van der Waals surface area contributed by atoms with Crippen molar-refractivity contribution in [3.05, 3.63) is 70.5 Å². The van der Waals surface area contributed by atoms with Crippen molar-refractivity contribution in [1.82, 2.24) is 20.1 Å². The highest BCUT2D eigenvalue weighted by molar-refractivity contribution is 7.99. The van der Waals surface area contributed by atoms with Crippen molar-refractivity contribution in [2.24, 2.45) is 7.05 Å². The van der Waals surface area contributed by atoms with Crippen molar-refractivity contribution >= 4 is 29.3 Å². The lowest BCUT2D eigenvalue weighted by molar-refractivity contribution is -0.113. The molecule has 1 heterocycles. The van der Waals surface area contributed by atoms with Crippen LogP contribution in [0.4, 0.5) is 5.69 Å².